The van der Waals surface area contributed by atoms with Gasteiger partial charge in [-0.1, -0.05) is 55.3 Å². The van der Waals surface area contributed by atoms with Crippen molar-refractivity contribution >= 4 is 34.4 Å². The lowest BCUT2D eigenvalue weighted by molar-refractivity contribution is 0.0746. The van der Waals surface area contributed by atoms with Crippen LogP contribution in [-0.2, 0) is 0 Å². The number of halogens is 1. The van der Waals surface area contributed by atoms with E-state index in [-0.39, 0.29) is 11.8 Å². The molecule has 2 aromatic heterocycles. The van der Waals surface area contributed by atoms with Crippen molar-refractivity contribution in [1.29, 1.82) is 0 Å². The quantitative estimate of drug-likeness (QED) is 0.357. The van der Waals surface area contributed by atoms with Crippen LogP contribution in [0.15, 0.2) is 48.5 Å². The molecule has 0 N–H and O–H groups in total. The summed E-state index contributed by atoms with van der Waals surface area (Å²) in [4.78, 5) is 27.3. The van der Waals surface area contributed by atoms with Gasteiger partial charge in [0, 0.05) is 32.1 Å². The second-order valence-corrected chi connectivity index (χ2v) is 9.91. The van der Waals surface area contributed by atoms with Gasteiger partial charge in [-0.3, -0.25) is 4.79 Å². The Hall–Kier alpha value is -3.45. The van der Waals surface area contributed by atoms with Crippen LogP contribution in [0.2, 0.25) is 5.02 Å². The van der Waals surface area contributed by atoms with Gasteiger partial charge in [0.05, 0.1) is 27.4 Å². The third-order valence-corrected chi connectivity index (χ3v) is 7.33. The van der Waals surface area contributed by atoms with Crippen molar-refractivity contribution in [3.63, 3.8) is 0 Å². The number of aromatic nitrogens is 4. The third-order valence-electron chi connectivity index (χ3n) is 7.00. The summed E-state index contributed by atoms with van der Waals surface area (Å²) in [7, 11) is 0. The number of hydrogen-bond donors (Lipinski definition) is 0. The fourth-order valence-corrected chi connectivity index (χ4v) is 4.82. The molecule has 1 atom stereocenters. The number of piperazine rings is 1. The summed E-state index contributed by atoms with van der Waals surface area (Å²) in [6.07, 6.45) is 0.947. The summed E-state index contributed by atoms with van der Waals surface area (Å²) >= 11 is 6.28. The number of rotatable bonds is 5. The molecule has 0 aliphatic carbocycles. The molecule has 0 unspecified atom stereocenters. The average Bonchev–Trinajstić information content (AvgIpc) is 3.24. The van der Waals surface area contributed by atoms with E-state index < -0.39 is 0 Å². The number of benzene rings is 2. The molecule has 1 amide bonds. The molecule has 4 aromatic rings. The summed E-state index contributed by atoms with van der Waals surface area (Å²) in [5.41, 5.74) is 4.45. The Kier molecular flexibility index (Phi) is 6.67. The fraction of sp³-hybridized carbons (Fsp3) is 0.357. The van der Waals surface area contributed by atoms with Gasteiger partial charge >= 0.3 is 0 Å². The molecule has 1 aliphatic rings. The molecule has 186 valence electrons. The van der Waals surface area contributed by atoms with Gasteiger partial charge in [0.1, 0.15) is 11.6 Å². The summed E-state index contributed by atoms with van der Waals surface area (Å²) in [5, 5.41) is 6.32. The van der Waals surface area contributed by atoms with Crippen LogP contribution < -0.4 is 4.90 Å². The second-order valence-electron chi connectivity index (χ2n) is 9.51. The maximum atomic E-state index is 13.1. The topological polar surface area (TPSA) is 67.2 Å². The molecule has 7 nitrogen and oxygen atoms in total. The van der Waals surface area contributed by atoms with Crippen LogP contribution in [0.4, 0.5) is 5.82 Å². The zero-order chi connectivity index (χ0) is 25.4. The van der Waals surface area contributed by atoms with Crippen LogP contribution in [-0.4, -0.2) is 56.7 Å². The molecule has 1 saturated heterocycles. The molecule has 3 heterocycles. The highest BCUT2D eigenvalue weighted by molar-refractivity contribution is 6.33. The summed E-state index contributed by atoms with van der Waals surface area (Å²) in [5.74, 6) is 1.91. The average molecular weight is 503 g/mol. The summed E-state index contributed by atoms with van der Waals surface area (Å²) < 4.78 is 1.93. The van der Waals surface area contributed by atoms with E-state index in [0.29, 0.717) is 36.8 Å². The maximum Gasteiger partial charge on any atom is 0.255 e. The van der Waals surface area contributed by atoms with E-state index in [1.54, 1.807) is 12.1 Å². The van der Waals surface area contributed by atoms with E-state index in [4.69, 9.17) is 26.7 Å². The highest BCUT2D eigenvalue weighted by Crippen LogP contribution is 2.32. The molecule has 1 aliphatic heterocycles. The number of carbonyl (C=O) groups is 1. The molecule has 36 heavy (non-hydrogen) atoms. The van der Waals surface area contributed by atoms with E-state index in [9.17, 15) is 4.79 Å². The Balaban J connectivity index is 1.50. The van der Waals surface area contributed by atoms with Gasteiger partial charge in [0.25, 0.3) is 5.91 Å². The number of fused-ring (bicyclic) bond motifs is 1. The predicted octanol–water partition coefficient (Wildman–Crippen LogP) is 5.56. The molecule has 0 spiro atoms. The lowest BCUT2D eigenvalue weighted by Gasteiger charge is -2.36. The number of carbonyl (C=O) groups excluding carboxylic acids is 1. The van der Waals surface area contributed by atoms with E-state index >= 15 is 0 Å². The van der Waals surface area contributed by atoms with Crippen molar-refractivity contribution in [3.05, 3.63) is 76.2 Å². The smallest absolute Gasteiger partial charge is 0.255 e. The fourth-order valence-electron chi connectivity index (χ4n) is 4.60. The maximum absolute atomic E-state index is 13.1. The Labute approximate surface area is 216 Å². The Morgan fingerprint density at radius 1 is 1.00 bits per heavy atom. The van der Waals surface area contributed by atoms with E-state index in [2.05, 4.69) is 49.9 Å². The first-order chi connectivity index (χ1) is 17.4. The molecular weight excluding hydrogens is 472 g/mol. The van der Waals surface area contributed by atoms with Crippen molar-refractivity contribution in [3.8, 4) is 5.69 Å². The van der Waals surface area contributed by atoms with Crippen LogP contribution in [0, 0.1) is 13.8 Å². The van der Waals surface area contributed by atoms with Gasteiger partial charge in [-0.15, -0.1) is 0 Å². The third kappa shape index (κ3) is 4.44. The van der Waals surface area contributed by atoms with Crippen LogP contribution in [0.3, 0.4) is 0 Å². The monoisotopic (exact) mass is 502 g/mol. The molecule has 8 heteroatoms. The Bertz CT molecular complexity index is 1410. The van der Waals surface area contributed by atoms with Crippen molar-refractivity contribution in [1.82, 2.24) is 24.6 Å². The molecule has 2 aromatic carbocycles. The number of hydrogen-bond acceptors (Lipinski definition) is 5. The zero-order valence-electron chi connectivity index (χ0n) is 21.2. The number of aryl methyl sites for hydroxylation is 2. The summed E-state index contributed by atoms with van der Waals surface area (Å²) in [6.45, 7) is 10.9. The molecule has 1 fully saturated rings. The van der Waals surface area contributed by atoms with Crippen molar-refractivity contribution in [2.24, 2.45) is 0 Å². The SMILES string of the molecule is CC[C@H](C)c1nc(N2CCN(C(=O)c3ccccc3Cl)CC2)c2c(C)nn(-c3ccc(C)cc3)c2n1. The predicted molar refractivity (Wildman–Crippen MR) is 144 cm³/mol. The normalized spacial score (nSPS) is 14.9. The minimum atomic E-state index is -0.0308. The van der Waals surface area contributed by atoms with Crippen LogP contribution in [0.25, 0.3) is 16.7 Å². The minimum absolute atomic E-state index is 0.0308. The number of nitrogens with zero attached hydrogens (tertiary/aromatic N) is 6. The van der Waals surface area contributed by atoms with Gasteiger partial charge in [-0.25, -0.2) is 14.6 Å². The minimum Gasteiger partial charge on any atom is -0.352 e. The molecular formula is C28H31ClN6O. The lowest BCUT2D eigenvalue weighted by atomic mass is 10.1. The second kappa shape index (κ2) is 9.90. The van der Waals surface area contributed by atoms with E-state index in [1.165, 1.54) is 5.56 Å². The van der Waals surface area contributed by atoms with Gasteiger partial charge in [-0.2, -0.15) is 5.10 Å². The zero-order valence-corrected chi connectivity index (χ0v) is 22.0. The standard InChI is InChI=1S/C28H31ClN6O/c1-5-19(3)25-30-26(24-20(4)32-35(27(24)31-25)21-12-10-18(2)11-13-21)33-14-16-34(17-15-33)28(36)22-8-6-7-9-23(22)29/h6-13,19H,5,14-17H2,1-4H3/t19-/m0/s1. The highest BCUT2D eigenvalue weighted by Gasteiger charge is 2.28. The van der Waals surface area contributed by atoms with Gasteiger partial charge < -0.3 is 9.80 Å². The highest BCUT2D eigenvalue weighted by atomic mass is 35.5. The first-order valence-corrected chi connectivity index (χ1v) is 12.9. The van der Waals surface area contributed by atoms with Gasteiger partial charge in [0.15, 0.2) is 5.65 Å². The Morgan fingerprint density at radius 3 is 2.36 bits per heavy atom. The molecule has 5 rings (SSSR count). The summed E-state index contributed by atoms with van der Waals surface area (Å²) in [6, 6.07) is 15.6. The molecule has 0 saturated carbocycles. The van der Waals surface area contributed by atoms with Gasteiger partial charge in [0.2, 0.25) is 0 Å². The number of amides is 1. The van der Waals surface area contributed by atoms with E-state index in [1.807, 2.05) is 28.6 Å². The van der Waals surface area contributed by atoms with Crippen molar-refractivity contribution in [2.45, 2.75) is 40.0 Å². The Morgan fingerprint density at radius 2 is 1.69 bits per heavy atom. The largest absolute Gasteiger partial charge is 0.352 e. The molecule has 0 radical (unpaired) electrons. The first kappa shape index (κ1) is 24.3. The van der Waals surface area contributed by atoms with Crippen LogP contribution in [0.1, 0.15) is 53.6 Å². The van der Waals surface area contributed by atoms with E-state index in [0.717, 1.165) is 40.5 Å². The van der Waals surface area contributed by atoms with Crippen LogP contribution >= 0.6 is 11.6 Å². The number of anilines is 1. The van der Waals surface area contributed by atoms with Gasteiger partial charge in [-0.05, 0) is 44.5 Å². The van der Waals surface area contributed by atoms with Crippen molar-refractivity contribution in [2.75, 3.05) is 31.1 Å². The molecule has 0 bridgehead atoms. The van der Waals surface area contributed by atoms with Crippen LogP contribution in [0.5, 0.6) is 0 Å². The van der Waals surface area contributed by atoms with Crippen molar-refractivity contribution < 1.29 is 4.79 Å². The lowest BCUT2D eigenvalue weighted by Crippen LogP contribution is -2.49. The first-order valence-electron chi connectivity index (χ1n) is 12.5.